The Morgan fingerprint density at radius 3 is 2.67 bits per heavy atom. The summed E-state index contributed by atoms with van der Waals surface area (Å²) in [5, 5.41) is 20.3. The standard InChI is InChI=1S/C19H17FN6O/c20-13-5-4-6-14(11-13)23-17-16-12-22-26(15-7-2-1-3-8-15)18(16)25-19(24-17)21-9-10-27/h1-8,11-12,27H,9-10H2,(H2,21,23,24,25). The Kier molecular flexibility index (Phi) is 4.63. The van der Waals surface area contributed by atoms with Gasteiger partial charge in [-0.1, -0.05) is 24.3 Å². The molecule has 4 rings (SSSR count). The molecule has 0 aliphatic heterocycles. The van der Waals surface area contributed by atoms with Crippen molar-refractivity contribution in [3.8, 4) is 5.69 Å². The Labute approximate surface area is 154 Å². The average Bonchev–Trinajstić information content (AvgIpc) is 3.11. The smallest absolute Gasteiger partial charge is 0.226 e. The highest BCUT2D eigenvalue weighted by atomic mass is 19.1. The molecule has 0 fully saturated rings. The van der Waals surface area contributed by atoms with Gasteiger partial charge in [0.1, 0.15) is 11.6 Å². The zero-order chi connectivity index (χ0) is 18.6. The van der Waals surface area contributed by atoms with Crippen LogP contribution in [0, 0.1) is 5.82 Å². The largest absolute Gasteiger partial charge is 0.395 e. The monoisotopic (exact) mass is 364 g/mol. The Hall–Kier alpha value is -3.52. The quantitative estimate of drug-likeness (QED) is 0.487. The molecule has 0 radical (unpaired) electrons. The van der Waals surface area contributed by atoms with Crippen LogP contribution in [0.15, 0.2) is 60.8 Å². The summed E-state index contributed by atoms with van der Waals surface area (Å²) in [6, 6.07) is 15.7. The summed E-state index contributed by atoms with van der Waals surface area (Å²) < 4.78 is 15.2. The maximum atomic E-state index is 13.5. The van der Waals surface area contributed by atoms with Gasteiger partial charge in [-0.15, -0.1) is 0 Å². The maximum absolute atomic E-state index is 13.5. The number of nitrogens with zero attached hydrogens (tertiary/aromatic N) is 4. The predicted molar refractivity (Wildman–Crippen MR) is 102 cm³/mol. The number of anilines is 3. The molecule has 0 bridgehead atoms. The average molecular weight is 364 g/mol. The molecule has 2 aromatic heterocycles. The van der Waals surface area contributed by atoms with E-state index >= 15 is 0 Å². The van der Waals surface area contributed by atoms with Gasteiger partial charge >= 0.3 is 0 Å². The summed E-state index contributed by atoms with van der Waals surface area (Å²) in [6.45, 7) is 0.260. The van der Waals surface area contributed by atoms with Crippen molar-refractivity contribution in [1.82, 2.24) is 19.7 Å². The fourth-order valence-electron chi connectivity index (χ4n) is 2.71. The molecule has 136 valence electrons. The SMILES string of the molecule is OCCNc1nc(Nc2cccc(F)c2)c2cnn(-c3ccccc3)c2n1. The zero-order valence-electron chi connectivity index (χ0n) is 14.3. The number of benzene rings is 2. The number of aromatic nitrogens is 4. The number of aliphatic hydroxyl groups is 1. The van der Waals surface area contributed by atoms with Crippen molar-refractivity contribution in [3.63, 3.8) is 0 Å². The zero-order valence-corrected chi connectivity index (χ0v) is 14.3. The van der Waals surface area contributed by atoms with Crippen molar-refractivity contribution in [2.75, 3.05) is 23.8 Å². The molecule has 2 heterocycles. The van der Waals surface area contributed by atoms with Crippen molar-refractivity contribution in [2.24, 2.45) is 0 Å². The molecule has 7 nitrogen and oxygen atoms in total. The molecule has 0 aliphatic carbocycles. The molecule has 0 aliphatic rings. The third kappa shape index (κ3) is 3.56. The van der Waals surface area contributed by atoms with Crippen molar-refractivity contribution < 1.29 is 9.50 Å². The normalized spacial score (nSPS) is 10.9. The van der Waals surface area contributed by atoms with Crippen LogP contribution in [-0.4, -0.2) is 38.0 Å². The van der Waals surface area contributed by atoms with Gasteiger partial charge in [-0.25, -0.2) is 9.07 Å². The number of para-hydroxylation sites is 1. The lowest BCUT2D eigenvalue weighted by atomic mass is 10.3. The molecule has 27 heavy (non-hydrogen) atoms. The van der Waals surface area contributed by atoms with E-state index in [-0.39, 0.29) is 12.4 Å². The lowest BCUT2D eigenvalue weighted by Gasteiger charge is -2.10. The second-order valence-corrected chi connectivity index (χ2v) is 5.81. The summed E-state index contributed by atoms with van der Waals surface area (Å²) in [6.07, 6.45) is 1.67. The first-order valence-corrected chi connectivity index (χ1v) is 8.43. The topological polar surface area (TPSA) is 87.9 Å². The molecule has 0 amide bonds. The predicted octanol–water partition coefficient (Wildman–Crippen LogP) is 3.10. The Balaban J connectivity index is 1.83. The number of halogens is 1. The lowest BCUT2D eigenvalue weighted by Crippen LogP contribution is -2.10. The molecule has 3 N–H and O–H groups in total. The molecule has 0 atom stereocenters. The van der Waals surface area contributed by atoms with E-state index in [1.165, 1.54) is 12.1 Å². The summed E-state index contributed by atoms with van der Waals surface area (Å²) in [4.78, 5) is 8.97. The van der Waals surface area contributed by atoms with Gasteiger partial charge in [-0.2, -0.15) is 15.1 Å². The highest BCUT2D eigenvalue weighted by molar-refractivity contribution is 5.90. The van der Waals surface area contributed by atoms with E-state index in [1.807, 2.05) is 30.3 Å². The van der Waals surface area contributed by atoms with Crippen LogP contribution >= 0.6 is 0 Å². The first-order valence-electron chi connectivity index (χ1n) is 8.43. The molecular formula is C19H17FN6O. The van der Waals surface area contributed by atoms with Gasteiger partial charge < -0.3 is 15.7 Å². The summed E-state index contributed by atoms with van der Waals surface area (Å²) in [7, 11) is 0. The number of fused-ring (bicyclic) bond motifs is 1. The maximum Gasteiger partial charge on any atom is 0.226 e. The molecule has 0 spiro atoms. The molecule has 0 saturated carbocycles. The minimum atomic E-state index is -0.344. The summed E-state index contributed by atoms with van der Waals surface area (Å²) in [5.41, 5.74) is 2.02. The van der Waals surface area contributed by atoms with Crippen LogP contribution in [0.5, 0.6) is 0 Å². The second kappa shape index (κ2) is 7.38. The third-order valence-corrected chi connectivity index (χ3v) is 3.91. The van der Waals surface area contributed by atoms with Crippen LogP contribution < -0.4 is 10.6 Å². The fourth-order valence-corrected chi connectivity index (χ4v) is 2.71. The first-order chi connectivity index (χ1) is 13.2. The van der Waals surface area contributed by atoms with E-state index in [0.717, 1.165) is 5.69 Å². The number of rotatable bonds is 6. The van der Waals surface area contributed by atoms with E-state index < -0.39 is 0 Å². The van der Waals surface area contributed by atoms with Gasteiger partial charge in [0.25, 0.3) is 0 Å². The van der Waals surface area contributed by atoms with E-state index in [1.54, 1.807) is 23.0 Å². The minimum absolute atomic E-state index is 0.0496. The highest BCUT2D eigenvalue weighted by Crippen LogP contribution is 2.27. The van der Waals surface area contributed by atoms with Gasteiger partial charge in [0.15, 0.2) is 5.65 Å². The van der Waals surface area contributed by atoms with E-state index in [9.17, 15) is 4.39 Å². The minimum Gasteiger partial charge on any atom is -0.395 e. The Bertz CT molecular complexity index is 1070. The van der Waals surface area contributed by atoms with Crippen LogP contribution in [-0.2, 0) is 0 Å². The van der Waals surface area contributed by atoms with Crippen molar-refractivity contribution in [2.45, 2.75) is 0 Å². The van der Waals surface area contributed by atoms with Gasteiger partial charge in [0, 0.05) is 12.2 Å². The molecular weight excluding hydrogens is 347 g/mol. The fraction of sp³-hybridized carbons (Fsp3) is 0.105. The van der Waals surface area contributed by atoms with Crippen LogP contribution in [0.4, 0.5) is 21.8 Å². The molecule has 0 unspecified atom stereocenters. The number of hydrogen-bond donors (Lipinski definition) is 3. The van der Waals surface area contributed by atoms with Crippen LogP contribution in [0.1, 0.15) is 0 Å². The molecule has 4 aromatic rings. The number of hydrogen-bond acceptors (Lipinski definition) is 6. The summed E-state index contributed by atoms with van der Waals surface area (Å²) >= 11 is 0. The van der Waals surface area contributed by atoms with Crippen molar-refractivity contribution in [3.05, 3.63) is 66.6 Å². The highest BCUT2D eigenvalue weighted by Gasteiger charge is 2.14. The Morgan fingerprint density at radius 2 is 1.89 bits per heavy atom. The van der Waals surface area contributed by atoms with Gasteiger partial charge in [-0.05, 0) is 30.3 Å². The van der Waals surface area contributed by atoms with Crippen molar-refractivity contribution >= 4 is 28.5 Å². The number of aliphatic hydroxyl groups excluding tert-OH is 1. The first kappa shape index (κ1) is 16.9. The van der Waals surface area contributed by atoms with Crippen molar-refractivity contribution in [1.29, 1.82) is 0 Å². The Morgan fingerprint density at radius 1 is 1.04 bits per heavy atom. The van der Waals surface area contributed by atoms with E-state index in [4.69, 9.17) is 5.11 Å². The summed E-state index contributed by atoms with van der Waals surface area (Å²) in [5.74, 6) is 0.491. The van der Waals surface area contributed by atoms with Crippen LogP contribution in [0.2, 0.25) is 0 Å². The second-order valence-electron chi connectivity index (χ2n) is 5.81. The van der Waals surface area contributed by atoms with E-state index in [0.29, 0.717) is 35.0 Å². The lowest BCUT2D eigenvalue weighted by molar-refractivity contribution is 0.311. The van der Waals surface area contributed by atoms with Crippen LogP contribution in [0.3, 0.4) is 0 Å². The van der Waals surface area contributed by atoms with Crippen LogP contribution in [0.25, 0.3) is 16.7 Å². The third-order valence-electron chi connectivity index (χ3n) is 3.91. The van der Waals surface area contributed by atoms with Gasteiger partial charge in [0.2, 0.25) is 5.95 Å². The van der Waals surface area contributed by atoms with Gasteiger partial charge in [-0.3, -0.25) is 0 Å². The molecule has 0 saturated heterocycles. The molecule has 8 heteroatoms. The van der Waals surface area contributed by atoms with Gasteiger partial charge in [0.05, 0.1) is 23.9 Å². The van der Waals surface area contributed by atoms with E-state index in [2.05, 4.69) is 25.7 Å². The molecule has 2 aromatic carbocycles. The number of nitrogens with one attached hydrogen (secondary N) is 2.